The van der Waals surface area contributed by atoms with Crippen molar-refractivity contribution < 1.29 is 14.0 Å². The van der Waals surface area contributed by atoms with Gasteiger partial charge in [-0.05, 0) is 25.0 Å². The van der Waals surface area contributed by atoms with Crippen LogP contribution in [-0.4, -0.2) is 35.8 Å². The fraction of sp³-hybridized carbons (Fsp3) is 0.500. The van der Waals surface area contributed by atoms with E-state index in [1.165, 1.54) is 17.2 Å². The first-order chi connectivity index (χ1) is 9.51. The molecule has 6 heteroatoms. The molecule has 0 aliphatic heterocycles. The molecule has 0 bridgehead atoms. The van der Waals surface area contributed by atoms with Crippen LogP contribution in [0.5, 0.6) is 0 Å². The van der Waals surface area contributed by atoms with Crippen LogP contribution in [0.15, 0.2) is 22.8 Å². The molecule has 1 aromatic heterocycles. The van der Waals surface area contributed by atoms with Gasteiger partial charge in [0.15, 0.2) is 5.76 Å². The number of carbonyl (C=O) groups is 2. The normalized spacial score (nSPS) is 11.8. The van der Waals surface area contributed by atoms with Crippen molar-refractivity contribution >= 4 is 11.8 Å². The average Bonchev–Trinajstić information content (AvgIpc) is 2.94. The lowest BCUT2D eigenvalue weighted by atomic mass is 10.0. The van der Waals surface area contributed by atoms with Crippen LogP contribution in [0.1, 0.15) is 31.3 Å². The number of hydrogen-bond donors (Lipinski definition) is 1. The van der Waals surface area contributed by atoms with Crippen molar-refractivity contribution in [1.29, 1.82) is 5.26 Å². The Bertz CT molecular complexity index is 488. The number of nitrogens with one attached hydrogen (secondary N) is 1. The highest BCUT2D eigenvalue weighted by atomic mass is 16.3. The molecule has 1 aromatic rings. The molecular weight excluding hydrogens is 258 g/mol. The fourth-order valence-corrected chi connectivity index (χ4v) is 1.76. The molecular formula is C14H19N3O3. The highest BCUT2D eigenvalue weighted by Crippen LogP contribution is 2.08. The molecule has 1 rings (SSSR count). The largest absolute Gasteiger partial charge is 0.459 e. The number of rotatable bonds is 6. The summed E-state index contributed by atoms with van der Waals surface area (Å²) in [6, 6.07) is 4.41. The van der Waals surface area contributed by atoms with Crippen molar-refractivity contribution in [1.82, 2.24) is 10.2 Å². The average molecular weight is 277 g/mol. The van der Waals surface area contributed by atoms with E-state index in [-0.39, 0.29) is 24.1 Å². The van der Waals surface area contributed by atoms with E-state index in [9.17, 15) is 9.59 Å². The zero-order valence-electron chi connectivity index (χ0n) is 11.9. The molecule has 0 saturated heterocycles. The third-order valence-corrected chi connectivity index (χ3v) is 2.92. The van der Waals surface area contributed by atoms with Crippen molar-refractivity contribution in [3.05, 3.63) is 24.2 Å². The number of carbonyl (C=O) groups excluding carboxylic acids is 2. The molecule has 0 aliphatic carbocycles. The maximum Gasteiger partial charge on any atom is 0.287 e. The lowest BCUT2D eigenvalue weighted by Gasteiger charge is -2.27. The molecule has 108 valence electrons. The Hall–Kier alpha value is -2.29. The van der Waals surface area contributed by atoms with Crippen LogP contribution in [0.2, 0.25) is 0 Å². The first kappa shape index (κ1) is 15.8. The molecule has 2 amide bonds. The van der Waals surface area contributed by atoms with Gasteiger partial charge in [-0.15, -0.1) is 0 Å². The van der Waals surface area contributed by atoms with Gasteiger partial charge in [-0.1, -0.05) is 13.8 Å². The Labute approximate surface area is 118 Å². The van der Waals surface area contributed by atoms with Crippen molar-refractivity contribution in [3.8, 4) is 6.07 Å². The van der Waals surface area contributed by atoms with Gasteiger partial charge in [0.25, 0.3) is 5.91 Å². The molecule has 0 aromatic carbocycles. The van der Waals surface area contributed by atoms with Crippen molar-refractivity contribution in [2.75, 3.05) is 13.1 Å². The number of nitrogens with zero attached hydrogens (tertiary/aromatic N) is 2. The molecule has 1 atom stereocenters. The van der Waals surface area contributed by atoms with E-state index < -0.39 is 11.9 Å². The molecule has 20 heavy (non-hydrogen) atoms. The van der Waals surface area contributed by atoms with Crippen molar-refractivity contribution in [2.45, 2.75) is 26.8 Å². The summed E-state index contributed by atoms with van der Waals surface area (Å²) in [6.45, 7) is 5.90. The summed E-state index contributed by atoms with van der Waals surface area (Å²) in [7, 11) is 0. The number of furan rings is 1. The van der Waals surface area contributed by atoms with Crippen LogP contribution in [0.25, 0.3) is 0 Å². The van der Waals surface area contributed by atoms with Crippen molar-refractivity contribution in [2.24, 2.45) is 5.92 Å². The van der Waals surface area contributed by atoms with Crippen LogP contribution in [-0.2, 0) is 4.79 Å². The van der Waals surface area contributed by atoms with E-state index in [2.05, 4.69) is 5.32 Å². The van der Waals surface area contributed by atoms with Gasteiger partial charge in [0.05, 0.1) is 12.3 Å². The second-order valence-corrected chi connectivity index (χ2v) is 4.68. The summed E-state index contributed by atoms with van der Waals surface area (Å²) in [4.78, 5) is 25.7. The quantitative estimate of drug-likeness (QED) is 0.796. The third-order valence-electron chi connectivity index (χ3n) is 2.92. The smallest absolute Gasteiger partial charge is 0.287 e. The molecule has 0 unspecified atom stereocenters. The topological polar surface area (TPSA) is 86.3 Å². The van der Waals surface area contributed by atoms with E-state index >= 15 is 0 Å². The maximum atomic E-state index is 12.3. The summed E-state index contributed by atoms with van der Waals surface area (Å²) in [5.41, 5.74) is 0. The second kappa shape index (κ2) is 7.34. The predicted molar refractivity (Wildman–Crippen MR) is 72.7 cm³/mol. The second-order valence-electron chi connectivity index (χ2n) is 4.68. The monoisotopic (exact) mass is 277 g/mol. The zero-order valence-corrected chi connectivity index (χ0v) is 11.9. The summed E-state index contributed by atoms with van der Waals surface area (Å²) < 4.78 is 5.00. The fourth-order valence-electron chi connectivity index (χ4n) is 1.76. The minimum atomic E-state index is -0.680. The van der Waals surface area contributed by atoms with Gasteiger partial charge in [-0.25, -0.2) is 0 Å². The highest BCUT2D eigenvalue weighted by Gasteiger charge is 2.28. The predicted octanol–water partition coefficient (Wildman–Crippen LogP) is 1.41. The number of nitriles is 1. The SMILES string of the molecule is CCN(CC#N)C(=O)[C@@H](NC(=O)c1ccco1)C(C)C. The van der Waals surface area contributed by atoms with E-state index in [1.807, 2.05) is 19.9 Å². The van der Waals surface area contributed by atoms with Crippen LogP contribution < -0.4 is 5.32 Å². The van der Waals surface area contributed by atoms with Gasteiger partial charge < -0.3 is 14.6 Å². The Morgan fingerprint density at radius 1 is 1.50 bits per heavy atom. The minimum Gasteiger partial charge on any atom is -0.459 e. The molecule has 1 heterocycles. The van der Waals surface area contributed by atoms with Crippen LogP contribution >= 0.6 is 0 Å². The van der Waals surface area contributed by atoms with Gasteiger partial charge in [0.1, 0.15) is 12.6 Å². The van der Waals surface area contributed by atoms with Gasteiger partial charge in [-0.2, -0.15) is 5.26 Å². The Balaban J connectivity index is 2.81. The standard InChI is InChI=1S/C14H19N3O3/c1-4-17(8-7-15)14(19)12(10(2)3)16-13(18)11-6-5-9-20-11/h5-6,9-10,12H,4,8H2,1-3H3,(H,16,18)/t12-/m0/s1. The van der Waals surface area contributed by atoms with E-state index in [0.717, 1.165) is 0 Å². The first-order valence-corrected chi connectivity index (χ1v) is 6.51. The van der Waals surface area contributed by atoms with Crippen LogP contribution in [0.4, 0.5) is 0 Å². The number of likely N-dealkylation sites (N-methyl/N-ethyl adjacent to an activating group) is 1. The molecule has 0 spiro atoms. The van der Waals surface area contributed by atoms with Crippen molar-refractivity contribution in [3.63, 3.8) is 0 Å². The number of hydrogen-bond acceptors (Lipinski definition) is 4. The summed E-state index contributed by atoms with van der Waals surface area (Å²) in [5, 5.41) is 11.4. The molecule has 0 radical (unpaired) electrons. The molecule has 0 saturated carbocycles. The number of amides is 2. The zero-order chi connectivity index (χ0) is 15.1. The van der Waals surface area contributed by atoms with E-state index in [4.69, 9.17) is 9.68 Å². The Morgan fingerprint density at radius 2 is 2.20 bits per heavy atom. The summed E-state index contributed by atoms with van der Waals surface area (Å²) in [5.74, 6) is -0.625. The van der Waals surface area contributed by atoms with Gasteiger partial charge >= 0.3 is 0 Å². The highest BCUT2D eigenvalue weighted by molar-refractivity contribution is 5.95. The molecule has 0 aliphatic rings. The molecule has 6 nitrogen and oxygen atoms in total. The lowest BCUT2D eigenvalue weighted by Crippen LogP contribution is -2.51. The maximum absolute atomic E-state index is 12.3. The Kier molecular flexibility index (Phi) is 5.78. The van der Waals surface area contributed by atoms with Gasteiger partial charge in [0, 0.05) is 6.54 Å². The summed E-state index contributed by atoms with van der Waals surface area (Å²) >= 11 is 0. The van der Waals surface area contributed by atoms with Crippen LogP contribution in [0.3, 0.4) is 0 Å². The minimum absolute atomic E-state index is 0.00910. The van der Waals surface area contributed by atoms with Gasteiger partial charge in [-0.3, -0.25) is 9.59 Å². The third kappa shape index (κ3) is 3.85. The summed E-state index contributed by atoms with van der Waals surface area (Å²) in [6.07, 6.45) is 1.40. The van der Waals surface area contributed by atoms with Gasteiger partial charge in [0.2, 0.25) is 5.91 Å². The van der Waals surface area contributed by atoms with E-state index in [0.29, 0.717) is 6.54 Å². The van der Waals surface area contributed by atoms with E-state index in [1.54, 1.807) is 13.0 Å². The lowest BCUT2D eigenvalue weighted by molar-refractivity contribution is -0.133. The first-order valence-electron chi connectivity index (χ1n) is 6.51. The molecule has 1 N–H and O–H groups in total. The van der Waals surface area contributed by atoms with Crippen LogP contribution in [0, 0.1) is 17.2 Å². The molecule has 0 fully saturated rings. The Morgan fingerprint density at radius 3 is 2.65 bits per heavy atom.